The summed E-state index contributed by atoms with van der Waals surface area (Å²) in [6, 6.07) is 4.05. The van der Waals surface area contributed by atoms with Gasteiger partial charge in [-0.3, -0.25) is 5.84 Å². The molecule has 0 saturated heterocycles. The van der Waals surface area contributed by atoms with Gasteiger partial charge in [-0.25, -0.2) is 0 Å². The molecule has 0 unspecified atom stereocenters. The van der Waals surface area contributed by atoms with Gasteiger partial charge in [0.25, 0.3) is 0 Å². The number of nitrogens with one attached hydrogen (secondary N) is 1. The summed E-state index contributed by atoms with van der Waals surface area (Å²) in [4.78, 5) is 0. The minimum Gasteiger partial charge on any atom is -0.405 e. The highest BCUT2D eigenvalue weighted by molar-refractivity contribution is 6.17. The van der Waals surface area contributed by atoms with E-state index in [1.807, 2.05) is 0 Å². The maximum atomic E-state index is 12.0. The molecule has 3 nitrogen and oxygen atoms in total. The van der Waals surface area contributed by atoms with Crippen LogP contribution in [0.25, 0.3) is 0 Å². The smallest absolute Gasteiger partial charge is 0.405 e. The molecule has 0 atom stereocenters. The number of ether oxygens (including phenoxy) is 1. The molecule has 0 saturated carbocycles. The minimum absolute atomic E-state index is 0.133. The van der Waals surface area contributed by atoms with E-state index in [9.17, 15) is 13.2 Å². The predicted molar refractivity (Wildman–Crippen MR) is 50.5 cm³/mol. The third-order valence-corrected chi connectivity index (χ3v) is 1.92. The highest BCUT2D eigenvalue weighted by Crippen LogP contribution is 2.31. The molecule has 0 fully saturated rings. The molecule has 0 aliphatic rings. The van der Waals surface area contributed by atoms with Gasteiger partial charge in [-0.05, 0) is 12.1 Å². The fraction of sp³-hybridized carbons (Fsp3) is 0.250. The van der Waals surface area contributed by atoms with Crippen LogP contribution in [0, 0.1) is 0 Å². The summed E-state index contributed by atoms with van der Waals surface area (Å²) in [5.74, 6) is 4.63. The van der Waals surface area contributed by atoms with Gasteiger partial charge in [-0.1, -0.05) is 6.07 Å². The van der Waals surface area contributed by atoms with E-state index in [0.717, 1.165) is 0 Å². The van der Waals surface area contributed by atoms with Crippen LogP contribution < -0.4 is 16.0 Å². The second-order valence-electron chi connectivity index (χ2n) is 2.61. The molecular formula is C8H8ClF3N2O. The van der Waals surface area contributed by atoms with Crippen molar-refractivity contribution in [2.45, 2.75) is 12.2 Å². The van der Waals surface area contributed by atoms with E-state index < -0.39 is 6.36 Å². The molecule has 1 rings (SSSR count). The second kappa shape index (κ2) is 4.59. The van der Waals surface area contributed by atoms with E-state index in [4.69, 9.17) is 17.4 Å². The number of nitrogens with two attached hydrogens (primary N) is 1. The number of hydrazine groups is 1. The zero-order chi connectivity index (χ0) is 11.5. The summed E-state index contributed by atoms with van der Waals surface area (Å²) in [6.07, 6.45) is -4.74. The molecule has 1 aromatic rings. The number of anilines is 1. The van der Waals surface area contributed by atoms with E-state index in [1.54, 1.807) is 0 Å². The van der Waals surface area contributed by atoms with Crippen molar-refractivity contribution in [3.8, 4) is 5.75 Å². The molecule has 15 heavy (non-hydrogen) atoms. The molecule has 1 aromatic carbocycles. The Kier molecular flexibility index (Phi) is 3.65. The Hall–Kier alpha value is -1.14. The molecule has 0 aliphatic carbocycles. The molecular weight excluding hydrogens is 233 g/mol. The quantitative estimate of drug-likeness (QED) is 0.485. The van der Waals surface area contributed by atoms with Crippen LogP contribution >= 0.6 is 11.6 Å². The van der Waals surface area contributed by atoms with Gasteiger partial charge in [0.05, 0.1) is 11.6 Å². The number of halogens is 4. The molecule has 0 spiro atoms. The monoisotopic (exact) mass is 240 g/mol. The van der Waals surface area contributed by atoms with Crippen LogP contribution in [0.2, 0.25) is 0 Å². The maximum Gasteiger partial charge on any atom is 0.573 e. The summed E-state index contributed by atoms with van der Waals surface area (Å²) in [6.45, 7) is 0. The minimum atomic E-state index is -4.74. The lowest BCUT2D eigenvalue weighted by atomic mass is 10.2. The number of alkyl halides is 4. The third-order valence-electron chi connectivity index (χ3n) is 1.65. The normalized spacial score (nSPS) is 11.3. The molecule has 3 N–H and O–H groups in total. The maximum absolute atomic E-state index is 12.0. The number of hydrogen-bond donors (Lipinski definition) is 2. The molecule has 0 amide bonds. The van der Waals surface area contributed by atoms with Crippen LogP contribution in [-0.2, 0) is 5.88 Å². The van der Waals surface area contributed by atoms with Gasteiger partial charge < -0.3 is 10.2 Å². The first-order valence-electron chi connectivity index (χ1n) is 3.88. The van der Waals surface area contributed by atoms with Crippen LogP contribution in [0.3, 0.4) is 0 Å². The lowest BCUT2D eigenvalue weighted by molar-refractivity contribution is -0.274. The van der Waals surface area contributed by atoms with Crippen LogP contribution in [0.4, 0.5) is 18.9 Å². The van der Waals surface area contributed by atoms with E-state index in [2.05, 4.69) is 10.2 Å². The molecule has 0 aromatic heterocycles. The summed E-state index contributed by atoms with van der Waals surface area (Å²) < 4.78 is 39.7. The van der Waals surface area contributed by atoms with Gasteiger partial charge in [-0.2, -0.15) is 0 Å². The number of nitrogen functional groups attached to an aromatic ring is 1. The highest BCUT2D eigenvalue weighted by atomic mass is 35.5. The SMILES string of the molecule is NNc1cccc(OC(F)(F)F)c1CCl. The van der Waals surface area contributed by atoms with Gasteiger partial charge in [-0.15, -0.1) is 24.8 Å². The van der Waals surface area contributed by atoms with Crippen molar-refractivity contribution >= 4 is 17.3 Å². The summed E-state index contributed by atoms with van der Waals surface area (Å²) >= 11 is 5.50. The molecule has 0 radical (unpaired) electrons. The Balaban J connectivity index is 3.06. The average molecular weight is 241 g/mol. The molecule has 84 valence electrons. The average Bonchev–Trinajstić information content (AvgIpc) is 2.15. The highest BCUT2D eigenvalue weighted by Gasteiger charge is 2.32. The Bertz CT molecular complexity index is 343. The van der Waals surface area contributed by atoms with Gasteiger partial charge in [0, 0.05) is 5.56 Å². The van der Waals surface area contributed by atoms with Crippen LogP contribution in [-0.4, -0.2) is 6.36 Å². The first kappa shape index (κ1) is 11.9. The first-order valence-corrected chi connectivity index (χ1v) is 4.41. The second-order valence-corrected chi connectivity index (χ2v) is 2.88. The fourth-order valence-electron chi connectivity index (χ4n) is 1.06. The zero-order valence-electron chi connectivity index (χ0n) is 7.44. The Morgan fingerprint density at radius 2 is 2.07 bits per heavy atom. The summed E-state index contributed by atoms with van der Waals surface area (Å²) in [7, 11) is 0. The molecule has 7 heteroatoms. The Labute approximate surface area is 88.9 Å². The van der Waals surface area contributed by atoms with Crippen LogP contribution in [0.15, 0.2) is 18.2 Å². The lowest BCUT2D eigenvalue weighted by Crippen LogP contribution is -2.19. The molecule has 0 heterocycles. The number of benzene rings is 1. The summed E-state index contributed by atoms with van der Waals surface area (Å²) in [5.41, 5.74) is 2.70. The van der Waals surface area contributed by atoms with Gasteiger partial charge in [0.2, 0.25) is 0 Å². The molecule has 0 aliphatic heterocycles. The predicted octanol–water partition coefficient (Wildman–Crippen LogP) is 2.61. The van der Waals surface area contributed by atoms with Crippen molar-refractivity contribution in [1.29, 1.82) is 0 Å². The van der Waals surface area contributed by atoms with E-state index in [1.165, 1.54) is 18.2 Å². The Morgan fingerprint density at radius 1 is 1.40 bits per heavy atom. The van der Waals surface area contributed by atoms with Crippen molar-refractivity contribution in [2.24, 2.45) is 5.84 Å². The number of hydrogen-bond acceptors (Lipinski definition) is 3. The van der Waals surface area contributed by atoms with E-state index in [0.29, 0.717) is 5.69 Å². The van der Waals surface area contributed by atoms with E-state index >= 15 is 0 Å². The van der Waals surface area contributed by atoms with Crippen molar-refractivity contribution in [3.63, 3.8) is 0 Å². The van der Waals surface area contributed by atoms with Crippen LogP contribution in [0.5, 0.6) is 5.75 Å². The lowest BCUT2D eigenvalue weighted by Gasteiger charge is -2.14. The van der Waals surface area contributed by atoms with Crippen molar-refractivity contribution in [1.82, 2.24) is 0 Å². The Morgan fingerprint density at radius 3 is 2.53 bits per heavy atom. The fourth-order valence-corrected chi connectivity index (χ4v) is 1.33. The third kappa shape index (κ3) is 3.17. The summed E-state index contributed by atoms with van der Waals surface area (Å²) in [5, 5.41) is 0. The first-order chi connectivity index (χ1) is 6.98. The van der Waals surface area contributed by atoms with Crippen molar-refractivity contribution in [3.05, 3.63) is 23.8 Å². The zero-order valence-corrected chi connectivity index (χ0v) is 8.19. The van der Waals surface area contributed by atoms with Gasteiger partial charge in [0.1, 0.15) is 5.75 Å². The topological polar surface area (TPSA) is 47.3 Å². The van der Waals surface area contributed by atoms with Crippen molar-refractivity contribution in [2.75, 3.05) is 5.43 Å². The van der Waals surface area contributed by atoms with Gasteiger partial charge in [0.15, 0.2) is 0 Å². The largest absolute Gasteiger partial charge is 0.573 e. The standard InChI is InChI=1S/C8H8ClF3N2O/c9-4-5-6(14-13)2-1-3-7(5)15-8(10,11)12/h1-3,14H,4,13H2. The van der Waals surface area contributed by atoms with E-state index in [-0.39, 0.29) is 17.2 Å². The van der Waals surface area contributed by atoms with Crippen molar-refractivity contribution < 1.29 is 17.9 Å². The number of rotatable bonds is 3. The van der Waals surface area contributed by atoms with Crippen LogP contribution in [0.1, 0.15) is 5.56 Å². The molecule has 0 bridgehead atoms. The van der Waals surface area contributed by atoms with Gasteiger partial charge >= 0.3 is 6.36 Å².